The molecule has 0 amide bonds. The van der Waals surface area contributed by atoms with Crippen molar-refractivity contribution in [1.29, 1.82) is 0 Å². The van der Waals surface area contributed by atoms with Gasteiger partial charge in [0, 0.05) is 4.47 Å². The summed E-state index contributed by atoms with van der Waals surface area (Å²) in [6.45, 7) is 0. The molecular formula is C14H10BrFO2. The Morgan fingerprint density at radius 1 is 1.11 bits per heavy atom. The largest absolute Gasteiger partial charge is 0.465 e. The Morgan fingerprint density at radius 2 is 1.78 bits per heavy atom. The quantitative estimate of drug-likeness (QED) is 0.783. The van der Waals surface area contributed by atoms with Crippen molar-refractivity contribution < 1.29 is 13.9 Å². The van der Waals surface area contributed by atoms with Gasteiger partial charge in [0.05, 0.1) is 12.7 Å². The maximum atomic E-state index is 12.9. The molecule has 0 saturated carbocycles. The number of rotatable bonds is 2. The van der Waals surface area contributed by atoms with E-state index in [0.717, 1.165) is 15.6 Å². The Bertz CT molecular complexity index is 579. The maximum absolute atomic E-state index is 12.9. The molecule has 2 aromatic rings. The lowest BCUT2D eigenvalue weighted by Gasteiger charge is -2.06. The topological polar surface area (TPSA) is 26.3 Å². The van der Waals surface area contributed by atoms with E-state index in [1.807, 2.05) is 6.07 Å². The van der Waals surface area contributed by atoms with E-state index < -0.39 is 5.97 Å². The minimum absolute atomic E-state index is 0.290. The van der Waals surface area contributed by atoms with Crippen molar-refractivity contribution in [3.8, 4) is 11.1 Å². The number of methoxy groups -OCH3 is 1. The van der Waals surface area contributed by atoms with Gasteiger partial charge in [-0.15, -0.1) is 0 Å². The van der Waals surface area contributed by atoms with Crippen LogP contribution >= 0.6 is 15.9 Å². The van der Waals surface area contributed by atoms with Crippen molar-refractivity contribution in [3.63, 3.8) is 0 Å². The predicted molar refractivity (Wildman–Crippen MR) is 70.9 cm³/mol. The molecule has 0 spiro atoms. The predicted octanol–water partition coefficient (Wildman–Crippen LogP) is 4.04. The van der Waals surface area contributed by atoms with E-state index in [4.69, 9.17) is 0 Å². The lowest BCUT2D eigenvalue weighted by molar-refractivity contribution is 0.0600. The molecule has 0 bridgehead atoms. The van der Waals surface area contributed by atoms with Crippen LogP contribution in [0.1, 0.15) is 10.4 Å². The van der Waals surface area contributed by atoms with Gasteiger partial charge in [0.15, 0.2) is 0 Å². The van der Waals surface area contributed by atoms with Crippen LogP contribution in [0.2, 0.25) is 0 Å². The summed E-state index contributed by atoms with van der Waals surface area (Å²) in [7, 11) is 1.33. The van der Waals surface area contributed by atoms with Gasteiger partial charge in [-0.3, -0.25) is 0 Å². The van der Waals surface area contributed by atoms with Crippen molar-refractivity contribution in [2.45, 2.75) is 0 Å². The number of ether oxygens (including phenoxy) is 1. The molecule has 0 aromatic heterocycles. The zero-order valence-electron chi connectivity index (χ0n) is 9.61. The second-order valence-electron chi connectivity index (χ2n) is 3.73. The molecule has 0 fully saturated rings. The number of halogens is 2. The second kappa shape index (κ2) is 5.31. The van der Waals surface area contributed by atoms with Crippen molar-refractivity contribution in [2.24, 2.45) is 0 Å². The van der Waals surface area contributed by atoms with Crippen LogP contribution in [0, 0.1) is 5.82 Å². The Hall–Kier alpha value is -1.68. The molecule has 0 aliphatic carbocycles. The molecule has 4 heteroatoms. The molecule has 18 heavy (non-hydrogen) atoms. The van der Waals surface area contributed by atoms with Crippen LogP contribution in [0.3, 0.4) is 0 Å². The van der Waals surface area contributed by atoms with Crippen LogP contribution in [0.15, 0.2) is 46.9 Å². The van der Waals surface area contributed by atoms with Crippen LogP contribution in [0.5, 0.6) is 0 Å². The van der Waals surface area contributed by atoms with Gasteiger partial charge < -0.3 is 4.74 Å². The molecule has 0 radical (unpaired) electrons. The first kappa shape index (κ1) is 12.8. The summed E-state index contributed by atoms with van der Waals surface area (Å²) in [5, 5.41) is 0. The maximum Gasteiger partial charge on any atom is 0.337 e. The third-order valence-corrected chi connectivity index (χ3v) is 2.95. The fourth-order valence-corrected chi connectivity index (χ4v) is 2.13. The number of benzene rings is 2. The minimum Gasteiger partial charge on any atom is -0.465 e. The van der Waals surface area contributed by atoms with E-state index in [9.17, 15) is 9.18 Å². The third kappa shape index (κ3) is 2.76. The van der Waals surface area contributed by atoms with Crippen molar-refractivity contribution in [1.82, 2.24) is 0 Å². The van der Waals surface area contributed by atoms with E-state index in [1.165, 1.54) is 19.2 Å². The Morgan fingerprint density at radius 3 is 2.39 bits per heavy atom. The molecule has 0 aliphatic heterocycles. The number of hydrogen-bond acceptors (Lipinski definition) is 2. The lowest BCUT2D eigenvalue weighted by Crippen LogP contribution is -2.01. The van der Waals surface area contributed by atoms with Gasteiger partial charge in [0.1, 0.15) is 5.82 Å². The SMILES string of the molecule is COC(=O)c1cc(Br)cc(-c2ccc(F)cc2)c1. The molecule has 0 N–H and O–H groups in total. The normalized spacial score (nSPS) is 10.2. The van der Waals surface area contributed by atoms with Crippen LogP contribution in [-0.2, 0) is 4.74 Å². The molecule has 0 unspecified atom stereocenters. The average Bonchev–Trinajstić information content (AvgIpc) is 2.38. The number of carbonyl (C=O) groups excluding carboxylic acids is 1. The molecular weight excluding hydrogens is 299 g/mol. The second-order valence-corrected chi connectivity index (χ2v) is 4.64. The standard InChI is InChI=1S/C14H10BrFO2/c1-18-14(17)11-6-10(7-12(15)8-11)9-2-4-13(16)5-3-9/h2-8H,1H3. The highest BCUT2D eigenvalue weighted by atomic mass is 79.9. The van der Waals surface area contributed by atoms with Crippen LogP contribution < -0.4 is 0 Å². The Kier molecular flexibility index (Phi) is 3.77. The first-order chi connectivity index (χ1) is 8.60. The number of carbonyl (C=O) groups is 1. The molecule has 2 aromatic carbocycles. The third-order valence-electron chi connectivity index (χ3n) is 2.50. The fourth-order valence-electron chi connectivity index (χ4n) is 1.63. The zero-order valence-corrected chi connectivity index (χ0v) is 11.2. The number of hydrogen-bond donors (Lipinski definition) is 0. The summed E-state index contributed by atoms with van der Waals surface area (Å²) in [5.74, 6) is -0.693. The summed E-state index contributed by atoms with van der Waals surface area (Å²) in [6, 6.07) is 11.3. The lowest BCUT2D eigenvalue weighted by atomic mass is 10.0. The van der Waals surface area contributed by atoms with Crippen LogP contribution in [0.25, 0.3) is 11.1 Å². The average molecular weight is 309 g/mol. The Labute approximate surface area is 113 Å². The fraction of sp³-hybridized carbons (Fsp3) is 0.0714. The summed E-state index contributed by atoms with van der Waals surface area (Å²) in [4.78, 5) is 11.5. The number of esters is 1. The Balaban J connectivity index is 2.48. The molecule has 0 heterocycles. The summed E-state index contributed by atoms with van der Waals surface area (Å²) in [6.07, 6.45) is 0. The monoisotopic (exact) mass is 308 g/mol. The highest BCUT2D eigenvalue weighted by molar-refractivity contribution is 9.10. The van der Waals surface area contributed by atoms with E-state index >= 15 is 0 Å². The van der Waals surface area contributed by atoms with E-state index in [2.05, 4.69) is 20.7 Å². The van der Waals surface area contributed by atoms with Gasteiger partial charge in [-0.2, -0.15) is 0 Å². The molecule has 2 rings (SSSR count). The summed E-state index contributed by atoms with van der Waals surface area (Å²) in [5.41, 5.74) is 2.11. The van der Waals surface area contributed by atoms with Gasteiger partial charge in [-0.1, -0.05) is 28.1 Å². The molecule has 0 saturated heterocycles. The first-order valence-electron chi connectivity index (χ1n) is 5.25. The van der Waals surface area contributed by atoms with E-state index in [0.29, 0.717) is 5.56 Å². The van der Waals surface area contributed by atoms with Gasteiger partial charge in [0.25, 0.3) is 0 Å². The summed E-state index contributed by atoms with van der Waals surface area (Å²) < 4.78 is 18.3. The highest BCUT2D eigenvalue weighted by Gasteiger charge is 2.09. The van der Waals surface area contributed by atoms with Crippen molar-refractivity contribution >= 4 is 21.9 Å². The van der Waals surface area contributed by atoms with Crippen molar-refractivity contribution in [2.75, 3.05) is 7.11 Å². The molecule has 92 valence electrons. The van der Waals surface area contributed by atoms with Gasteiger partial charge >= 0.3 is 5.97 Å². The van der Waals surface area contributed by atoms with E-state index in [1.54, 1.807) is 24.3 Å². The van der Waals surface area contributed by atoms with Gasteiger partial charge in [-0.05, 0) is 41.5 Å². The highest BCUT2D eigenvalue weighted by Crippen LogP contribution is 2.25. The van der Waals surface area contributed by atoms with Crippen molar-refractivity contribution in [3.05, 3.63) is 58.3 Å². The van der Waals surface area contributed by atoms with Crippen LogP contribution in [0.4, 0.5) is 4.39 Å². The van der Waals surface area contributed by atoms with Gasteiger partial charge in [-0.25, -0.2) is 9.18 Å². The molecule has 2 nitrogen and oxygen atoms in total. The van der Waals surface area contributed by atoms with E-state index in [-0.39, 0.29) is 5.82 Å². The zero-order chi connectivity index (χ0) is 13.1. The first-order valence-corrected chi connectivity index (χ1v) is 6.04. The van der Waals surface area contributed by atoms with Gasteiger partial charge in [0.2, 0.25) is 0 Å². The smallest absolute Gasteiger partial charge is 0.337 e. The summed E-state index contributed by atoms with van der Waals surface area (Å²) >= 11 is 3.34. The molecule has 0 atom stereocenters. The van der Waals surface area contributed by atoms with Crippen LogP contribution in [-0.4, -0.2) is 13.1 Å². The molecule has 0 aliphatic rings. The minimum atomic E-state index is -0.403.